The summed E-state index contributed by atoms with van der Waals surface area (Å²) in [6.45, 7) is 4.16. The normalized spacial score (nSPS) is 53.2. The maximum atomic E-state index is 16.6. The molecule has 0 heterocycles. The van der Waals surface area contributed by atoms with E-state index in [0.29, 0.717) is 17.6 Å². The summed E-state index contributed by atoms with van der Waals surface area (Å²) < 4.78 is 16.6. The number of carbonyl (C=O) groups excluding carboxylic acids is 1. The third kappa shape index (κ3) is 1.85. The summed E-state index contributed by atoms with van der Waals surface area (Å²) in [5.41, 5.74) is -1.62. The molecule has 4 aliphatic rings. The Morgan fingerprint density at radius 3 is 2.71 bits per heavy atom. The monoisotopic (exact) mass is 350 g/mol. The average Bonchev–Trinajstić information content (AvgIpc) is 2.86. The lowest BCUT2D eigenvalue weighted by Crippen LogP contribution is -2.66. The van der Waals surface area contributed by atoms with E-state index in [4.69, 9.17) is 0 Å². The number of rotatable bonds is 1. The summed E-state index contributed by atoms with van der Waals surface area (Å²) in [6.07, 6.45) is 10.2. The van der Waals surface area contributed by atoms with Gasteiger partial charge in [-0.3, -0.25) is 4.79 Å². The molecule has 0 amide bonds. The number of aliphatic hydroxyl groups excluding tert-OH is 1. The summed E-state index contributed by atoms with van der Waals surface area (Å²) in [6, 6.07) is 0. The van der Waals surface area contributed by atoms with Crippen LogP contribution in [0.25, 0.3) is 0 Å². The minimum Gasteiger partial charge on any atom is -0.390 e. The molecule has 4 rings (SSSR count). The number of thioether (sulfide) groups is 1. The van der Waals surface area contributed by atoms with E-state index in [1.807, 2.05) is 18.7 Å². The van der Waals surface area contributed by atoms with Crippen molar-refractivity contribution in [1.29, 1.82) is 0 Å². The Labute approximate surface area is 148 Å². The van der Waals surface area contributed by atoms with Crippen LogP contribution in [0.4, 0.5) is 4.39 Å². The van der Waals surface area contributed by atoms with Crippen LogP contribution in [-0.4, -0.2) is 34.2 Å². The molecular formula is C20H27FO2S. The average molecular weight is 350 g/mol. The van der Waals surface area contributed by atoms with Crippen LogP contribution in [0.2, 0.25) is 0 Å². The smallest absolute Gasteiger partial charge is 0.178 e. The summed E-state index contributed by atoms with van der Waals surface area (Å²) >= 11 is 1.88. The Hall–Kier alpha value is -0.610. The van der Waals surface area contributed by atoms with Crippen LogP contribution in [0, 0.1) is 22.7 Å². The molecule has 0 aliphatic heterocycles. The largest absolute Gasteiger partial charge is 0.390 e. The molecule has 4 aliphatic carbocycles. The lowest BCUT2D eigenvalue weighted by atomic mass is 9.46. The minimum absolute atomic E-state index is 0.0187. The van der Waals surface area contributed by atoms with Gasteiger partial charge in [0.1, 0.15) is 0 Å². The Morgan fingerprint density at radius 2 is 2.00 bits per heavy atom. The quantitative estimate of drug-likeness (QED) is 0.774. The molecule has 0 aromatic carbocycles. The standard InChI is InChI=1S/C20H27FO2S/c1-18-11-16(23)20(21)15(14(18)6-7-17(18)24-3)5-4-12-10-13(22)8-9-19(12,20)2/h8-10,14-17,23H,4-7,11H2,1-3H3/t14-,15-,16-,17-,18-,19-,20?/m0/s1. The van der Waals surface area contributed by atoms with Gasteiger partial charge in [-0.2, -0.15) is 11.8 Å². The van der Waals surface area contributed by atoms with E-state index in [-0.39, 0.29) is 17.1 Å². The fourth-order valence-corrected chi connectivity index (χ4v) is 7.73. The molecule has 7 atom stereocenters. The van der Waals surface area contributed by atoms with Crippen molar-refractivity contribution < 1.29 is 14.3 Å². The lowest BCUT2D eigenvalue weighted by molar-refractivity contribution is -0.188. The lowest BCUT2D eigenvalue weighted by Gasteiger charge is -2.62. The molecule has 0 saturated heterocycles. The van der Waals surface area contributed by atoms with Crippen molar-refractivity contribution in [3.63, 3.8) is 0 Å². The van der Waals surface area contributed by atoms with Gasteiger partial charge in [-0.25, -0.2) is 4.39 Å². The van der Waals surface area contributed by atoms with E-state index >= 15 is 4.39 Å². The van der Waals surface area contributed by atoms with Crippen LogP contribution < -0.4 is 0 Å². The molecule has 1 N–H and O–H groups in total. The van der Waals surface area contributed by atoms with Gasteiger partial charge in [-0.15, -0.1) is 0 Å². The zero-order chi connectivity index (χ0) is 17.3. The van der Waals surface area contributed by atoms with Gasteiger partial charge in [0.15, 0.2) is 11.5 Å². The number of allylic oxidation sites excluding steroid dienone is 4. The third-order valence-corrected chi connectivity index (χ3v) is 9.18. The zero-order valence-corrected chi connectivity index (χ0v) is 15.5. The van der Waals surface area contributed by atoms with Crippen molar-refractivity contribution in [1.82, 2.24) is 0 Å². The molecule has 3 fully saturated rings. The first kappa shape index (κ1) is 16.8. The number of hydrogen-bond acceptors (Lipinski definition) is 3. The van der Waals surface area contributed by atoms with Gasteiger partial charge in [0, 0.05) is 16.6 Å². The second kappa shape index (κ2) is 5.20. The van der Waals surface area contributed by atoms with Gasteiger partial charge in [0.2, 0.25) is 0 Å². The number of alkyl halides is 1. The SMILES string of the molecule is CS[C@H]1CC[C@H]2[C@@H]3CCC4=CC(=O)C=C[C@]4(C)C3(F)[C@@H](O)C[C@]12C. The third-order valence-electron chi connectivity index (χ3n) is 7.84. The van der Waals surface area contributed by atoms with Crippen LogP contribution in [0.15, 0.2) is 23.8 Å². The molecule has 1 unspecified atom stereocenters. The molecule has 24 heavy (non-hydrogen) atoms. The predicted octanol–water partition coefficient (Wildman–Crippen LogP) is 4.09. The second-order valence-corrected chi connectivity index (χ2v) is 9.70. The molecule has 0 bridgehead atoms. The van der Waals surface area contributed by atoms with E-state index in [9.17, 15) is 9.90 Å². The van der Waals surface area contributed by atoms with Crippen LogP contribution in [0.3, 0.4) is 0 Å². The van der Waals surface area contributed by atoms with Crippen LogP contribution >= 0.6 is 11.8 Å². The second-order valence-electron chi connectivity index (χ2n) is 8.65. The van der Waals surface area contributed by atoms with Gasteiger partial charge in [0.25, 0.3) is 0 Å². The number of ketones is 1. The van der Waals surface area contributed by atoms with Crippen LogP contribution in [0.1, 0.15) is 46.0 Å². The highest BCUT2D eigenvalue weighted by molar-refractivity contribution is 7.99. The summed E-state index contributed by atoms with van der Waals surface area (Å²) in [5.74, 6) is 0.152. The van der Waals surface area contributed by atoms with Crippen molar-refractivity contribution in [3.8, 4) is 0 Å². The van der Waals surface area contributed by atoms with E-state index in [1.54, 1.807) is 12.2 Å². The Bertz CT molecular complexity index is 644. The molecule has 0 spiro atoms. The Balaban J connectivity index is 1.80. The first-order valence-corrected chi connectivity index (χ1v) is 10.4. The highest BCUT2D eigenvalue weighted by Gasteiger charge is 2.70. The van der Waals surface area contributed by atoms with E-state index in [1.165, 1.54) is 6.08 Å². The molecule has 0 aromatic heterocycles. The maximum absolute atomic E-state index is 16.6. The summed E-state index contributed by atoms with van der Waals surface area (Å²) in [7, 11) is 0. The van der Waals surface area contributed by atoms with Crippen LogP contribution in [0.5, 0.6) is 0 Å². The van der Waals surface area contributed by atoms with E-state index in [0.717, 1.165) is 31.3 Å². The van der Waals surface area contributed by atoms with E-state index < -0.39 is 17.2 Å². The maximum Gasteiger partial charge on any atom is 0.178 e. The van der Waals surface area contributed by atoms with Crippen molar-refractivity contribution in [2.24, 2.45) is 22.7 Å². The first-order valence-electron chi connectivity index (χ1n) is 9.11. The Kier molecular flexibility index (Phi) is 3.65. The topological polar surface area (TPSA) is 37.3 Å². The molecule has 132 valence electrons. The van der Waals surface area contributed by atoms with Crippen molar-refractivity contribution in [3.05, 3.63) is 23.8 Å². The molecule has 0 aromatic rings. The Morgan fingerprint density at radius 1 is 1.25 bits per heavy atom. The van der Waals surface area contributed by atoms with Crippen molar-refractivity contribution in [2.45, 2.75) is 63.0 Å². The predicted molar refractivity (Wildman–Crippen MR) is 95.7 cm³/mol. The molecule has 0 radical (unpaired) electrons. The zero-order valence-electron chi connectivity index (χ0n) is 14.7. The van der Waals surface area contributed by atoms with Gasteiger partial charge in [-0.05, 0) is 68.8 Å². The van der Waals surface area contributed by atoms with Crippen molar-refractivity contribution in [2.75, 3.05) is 6.26 Å². The summed E-state index contributed by atoms with van der Waals surface area (Å²) in [4.78, 5) is 11.8. The summed E-state index contributed by atoms with van der Waals surface area (Å²) in [5, 5.41) is 11.5. The highest BCUT2D eigenvalue weighted by atomic mass is 32.2. The number of hydrogen-bond donors (Lipinski definition) is 1. The molecule has 3 saturated carbocycles. The van der Waals surface area contributed by atoms with Crippen molar-refractivity contribution >= 4 is 17.5 Å². The molecule has 2 nitrogen and oxygen atoms in total. The fraction of sp³-hybridized carbons (Fsp3) is 0.750. The first-order chi connectivity index (χ1) is 11.3. The number of aliphatic hydroxyl groups is 1. The fourth-order valence-electron chi connectivity index (χ4n) is 6.55. The number of fused-ring (bicyclic) bond motifs is 5. The van der Waals surface area contributed by atoms with Gasteiger partial charge in [0.05, 0.1) is 6.10 Å². The van der Waals surface area contributed by atoms with Crippen LogP contribution in [-0.2, 0) is 4.79 Å². The minimum atomic E-state index is -1.66. The van der Waals surface area contributed by atoms with Gasteiger partial charge in [-0.1, -0.05) is 18.6 Å². The van der Waals surface area contributed by atoms with Gasteiger partial charge < -0.3 is 5.11 Å². The highest BCUT2D eigenvalue weighted by Crippen LogP contribution is 2.68. The molecule has 4 heteroatoms. The number of carbonyl (C=O) groups is 1. The molecular weight excluding hydrogens is 323 g/mol. The van der Waals surface area contributed by atoms with Gasteiger partial charge >= 0.3 is 0 Å². The number of halogens is 1. The van der Waals surface area contributed by atoms with E-state index in [2.05, 4.69) is 13.2 Å².